The molecule has 0 unspecified atom stereocenters. The molecule has 4 N–H and O–H groups in total. The SMILES string of the molecule is CNC(=O)Nc1ccc(NC(=O)[C@@H]2CNC[C@H]2C)cc1. The molecule has 6 nitrogen and oxygen atoms in total. The van der Waals surface area contributed by atoms with Crippen molar-refractivity contribution in [2.75, 3.05) is 30.8 Å². The van der Waals surface area contributed by atoms with Crippen LogP contribution >= 0.6 is 0 Å². The minimum Gasteiger partial charge on any atom is -0.341 e. The van der Waals surface area contributed by atoms with Gasteiger partial charge < -0.3 is 21.3 Å². The van der Waals surface area contributed by atoms with Crippen molar-refractivity contribution in [2.24, 2.45) is 11.8 Å². The molecule has 1 fully saturated rings. The minimum atomic E-state index is -0.271. The van der Waals surface area contributed by atoms with Crippen LogP contribution in [0.1, 0.15) is 6.92 Å². The van der Waals surface area contributed by atoms with Gasteiger partial charge in [0.05, 0.1) is 5.92 Å². The summed E-state index contributed by atoms with van der Waals surface area (Å²) in [6.45, 7) is 3.68. The van der Waals surface area contributed by atoms with Crippen LogP contribution in [0.5, 0.6) is 0 Å². The first-order valence-electron chi connectivity index (χ1n) is 6.70. The molecule has 1 saturated heterocycles. The Balaban J connectivity index is 1.93. The number of hydrogen-bond acceptors (Lipinski definition) is 3. The second kappa shape index (κ2) is 6.38. The number of benzene rings is 1. The van der Waals surface area contributed by atoms with Crippen molar-refractivity contribution in [3.8, 4) is 0 Å². The number of nitrogens with one attached hydrogen (secondary N) is 4. The third-order valence-corrected chi connectivity index (χ3v) is 3.49. The van der Waals surface area contributed by atoms with Crippen molar-refractivity contribution in [3.63, 3.8) is 0 Å². The molecule has 20 heavy (non-hydrogen) atoms. The number of rotatable bonds is 3. The summed E-state index contributed by atoms with van der Waals surface area (Å²) in [6.07, 6.45) is 0. The Morgan fingerprint density at radius 2 is 1.70 bits per heavy atom. The second-order valence-electron chi connectivity index (χ2n) is 5.01. The van der Waals surface area contributed by atoms with Gasteiger partial charge in [-0.25, -0.2) is 4.79 Å². The average molecular weight is 276 g/mol. The van der Waals surface area contributed by atoms with Gasteiger partial charge in [-0.1, -0.05) is 6.92 Å². The summed E-state index contributed by atoms with van der Waals surface area (Å²) >= 11 is 0. The van der Waals surface area contributed by atoms with Crippen LogP contribution in [0.4, 0.5) is 16.2 Å². The molecule has 6 heteroatoms. The lowest BCUT2D eigenvalue weighted by Crippen LogP contribution is -2.27. The highest BCUT2D eigenvalue weighted by molar-refractivity contribution is 5.94. The van der Waals surface area contributed by atoms with Crippen LogP contribution in [0.25, 0.3) is 0 Å². The first-order chi connectivity index (χ1) is 9.60. The minimum absolute atomic E-state index is 0.0127. The van der Waals surface area contributed by atoms with Gasteiger partial charge >= 0.3 is 6.03 Å². The van der Waals surface area contributed by atoms with Crippen LogP contribution in [-0.2, 0) is 4.79 Å². The fraction of sp³-hybridized carbons (Fsp3) is 0.429. The number of amides is 3. The third-order valence-electron chi connectivity index (χ3n) is 3.49. The Kier molecular flexibility index (Phi) is 4.57. The van der Waals surface area contributed by atoms with Crippen molar-refractivity contribution in [1.29, 1.82) is 0 Å². The van der Waals surface area contributed by atoms with Crippen LogP contribution in [0.15, 0.2) is 24.3 Å². The van der Waals surface area contributed by atoms with Crippen LogP contribution in [0.2, 0.25) is 0 Å². The van der Waals surface area contributed by atoms with E-state index >= 15 is 0 Å². The topological polar surface area (TPSA) is 82.3 Å². The van der Waals surface area contributed by atoms with Gasteiger partial charge in [-0.3, -0.25) is 4.79 Å². The molecule has 2 atom stereocenters. The molecule has 0 spiro atoms. The quantitative estimate of drug-likeness (QED) is 0.670. The van der Waals surface area contributed by atoms with Gasteiger partial charge in [0.2, 0.25) is 5.91 Å². The van der Waals surface area contributed by atoms with Crippen LogP contribution in [0, 0.1) is 11.8 Å². The summed E-state index contributed by atoms with van der Waals surface area (Å²) in [5.74, 6) is 0.400. The largest absolute Gasteiger partial charge is 0.341 e. The lowest BCUT2D eigenvalue weighted by atomic mass is 9.97. The fourth-order valence-electron chi connectivity index (χ4n) is 2.23. The molecule has 0 aliphatic carbocycles. The van der Waals surface area contributed by atoms with E-state index in [9.17, 15) is 9.59 Å². The van der Waals surface area contributed by atoms with Crippen molar-refractivity contribution in [1.82, 2.24) is 10.6 Å². The summed E-state index contributed by atoms with van der Waals surface area (Å²) < 4.78 is 0. The number of urea groups is 1. The summed E-state index contributed by atoms with van der Waals surface area (Å²) in [6, 6.07) is 6.78. The van der Waals surface area contributed by atoms with Crippen LogP contribution in [0.3, 0.4) is 0 Å². The van der Waals surface area contributed by atoms with E-state index in [0.717, 1.165) is 18.8 Å². The van der Waals surface area contributed by atoms with E-state index in [-0.39, 0.29) is 17.9 Å². The number of carbonyl (C=O) groups is 2. The van der Waals surface area contributed by atoms with Gasteiger partial charge in [-0.2, -0.15) is 0 Å². The van der Waals surface area contributed by atoms with Crippen molar-refractivity contribution in [3.05, 3.63) is 24.3 Å². The Bertz CT molecular complexity index is 486. The lowest BCUT2D eigenvalue weighted by molar-refractivity contribution is -0.120. The maximum atomic E-state index is 12.1. The normalized spacial score (nSPS) is 21.3. The zero-order chi connectivity index (χ0) is 14.5. The highest BCUT2D eigenvalue weighted by atomic mass is 16.2. The van der Waals surface area contributed by atoms with E-state index in [1.807, 2.05) is 0 Å². The Morgan fingerprint density at radius 3 is 2.20 bits per heavy atom. The van der Waals surface area contributed by atoms with E-state index in [1.54, 1.807) is 31.3 Å². The zero-order valence-corrected chi connectivity index (χ0v) is 11.7. The Labute approximate surface area is 118 Å². The second-order valence-corrected chi connectivity index (χ2v) is 5.01. The predicted octanol–water partition coefficient (Wildman–Crippen LogP) is 1.23. The van der Waals surface area contributed by atoms with E-state index in [0.29, 0.717) is 11.6 Å². The smallest absolute Gasteiger partial charge is 0.318 e. The average Bonchev–Trinajstić information content (AvgIpc) is 2.87. The third kappa shape index (κ3) is 3.48. The van der Waals surface area contributed by atoms with Gasteiger partial charge in [0.25, 0.3) is 0 Å². The molecule has 0 aromatic heterocycles. The fourth-order valence-corrected chi connectivity index (χ4v) is 2.23. The Morgan fingerprint density at radius 1 is 1.10 bits per heavy atom. The molecular formula is C14H20N4O2. The molecule has 0 saturated carbocycles. The Hall–Kier alpha value is -2.08. The van der Waals surface area contributed by atoms with Gasteiger partial charge in [0, 0.05) is 25.0 Å². The molecule has 1 aromatic carbocycles. The van der Waals surface area contributed by atoms with Gasteiger partial charge in [-0.15, -0.1) is 0 Å². The first kappa shape index (κ1) is 14.3. The summed E-state index contributed by atoms with van der Waals surface area (Å²) in [5.41, 5.74) is 1.41. The van der Waals surface area contributed by atoms with E-state index in [4.69, 9.17) is 0 Å². The highest BCUT2D eigenvalue weighted by Gasteiger charge is 2.29. The molecule has 1 aliphatic heterocycles. The van der Waals surface area contributed by atoms with E-state index in [1.165, 1.54) is 0 Å². The van der Waals surface area contributed by atoms with Gasteiger partial charge in [0.15, 0.2) is 0 Å². The molecular weight excluding hydrogens is 256 g/mol. The van der Waals surface area contributed by atoms with Crippen LogP contribution in [-0.4, -0.2) is 32.1 Å². The molecule has 3 amide bonds. The highest BCUT2D eigenvalue weighted by Crippen LogP contribution is 2.19. The number of hydrogen-bond donors (Lipinski definition) is 4. The maximum absolute atomic E-state index is 12.1. The molecule has 2 rings (SSSR count). The molecule has 0 bridgehead atoms. The van der Waals surface area contributed by atoms with E-state index in [2.05, 4.69) is 28.2 Å². The summed E-state index contributed by atoms with van der Waals surface area (Å²) in [5, 5.41) is 11.2. The van der Waals surface area contributed by atoms with Crippen molar-refractivity contribution in [2.45, 2.75) is 6.92 Å². The lowest BCUT2D eigenvalue weighted by Gasteiger charge is -2.14. The monoisotopic (exact) mass is 276 g/mol. The molecule has 0 radical (unpaired) electrons. The first-order valence-corrected chi connectivity index (χ1v) is 6.70. The van der Waals surface area contributed by atoms with Crippen molar-refractivity contribution >= 4 is 23.3 Å². The maximum Gasteiger partial charge on any atom is 0.318 e. The van der Waals surface area contributed by atoms with E-state index < -0.39 is 0 Å². The summed E-state index contributed by atoms with van der Waals surface area (Å²) in [7, 11) is 1.56. The van der Waals surface area contributed by atoms with Gasteiger partial charge in [-0.05, 0) is 36.7 Å². The molecule has 1 heterocycles. The van der Waals surface area contributed by atoms with Crippen LogP contribution < -0.4 is 21.3 Å². The van der Waals surface area contributed by atoms with Gasteiger partial charge in [0.1, 0.15) is 0 Å². The molecule has 1 aliphatic rings. The van der Waals surface area contributed by atoms with Crippen molar-refractivity contribution < 1.29 is 9.59 Å². The zero-order valence-electron chi connectivity index (χ0n) is 11.7. The molecule has 108 valence electrons. The molecule has 1 aromatic rings. The summed E-state index contributed by atoms with van der Waals surface area (Å²) in [4.78, 5) is 23.3. The number of carbonyl (C=O) groups excluding carboxylic acids is 2. The number of anilines is 2. The standard InChI is InChI=1S/C14H20N4O2/c1-9-7-16-8-12(9)13(19)17-10-3-5-11(6-4-10)18-14(20)15-2/h3-6,9,12,16H,7-8H2,1-2H3,(H,17,19)(H2,15,18,20)/t9-,12-/m1/s1. The predicted molar refractivity (Wildman–Crippen MR) is 78.7 cm³/mol.